The highest BCUT2D eigenvalue weighted by Crippen LogP contribution is 2.66. The lowest BCUT2D eigenvalue weighted by Crippen LogP contribution is -2.50. The molecule has 8 unspecified atom stereocenters. The zero-order valence-corrected chi connectivity index (χ0v) is 24.4. The predicted molar refractivity (Wildman–Crippen MR) is 147 cm³/mol. The van der Waals surface area contributed by atoms with Gasteiger partial charge < -0.3 is 4.74 Å². The largest absolute Gasteiger partial charge is 0.462 e. The van der Waals surface area contributed by atoms with Gasteiger partial charge in [0.15, 0.2) is 0 Å². The summed E-state index contributed by atoms with van der Waals surface area (Å²) in [6.07, 6.45) is 18.7. The zero-order valence-electron chi connectivity index (χ0n) is 24.4. The fourth-order valence-corrected chi connectivity index (χ4v) is 9.27. The molecule has 200 valence electrons. The van der Waals surface area contributed by atoms with Crippen LogP contribution in [-0.2, 0) is 9.53 Å². The van der Waals surface area contributed by atoms with Gasteiger partial charge >= 0.3 is 5.97 Å². The van der Waals surface area contributed by atoms with Crippen LogP contribution < -0.4 is 0 Å². The number of ether oxygens (including phenoxy) is 1. The van der Waals surface area contributed by atoms with E-state index in [9.17, 15) is 4.79 Å². The summed E-state index contributed by atoms with van der Waals surface area (Å²) in [5.41, 5.74) is 2.11. The molecular formula is C33H56O2. The first kappa shape index (κ1) is 27.3. The van der Waals surface area contributed by atoms with E-state index < -0.39 is 5.41 Å². The Labute approximate surface area is 217 Å². The third-order valence-corrected chi connectivity index (χ3v) is 11.7. The molecule has 35 heavy (non-hydrogen) atoms. The maximum atomic E-state index is 12.5. The summed E-state index contributed by atoms with van der Waals surface area (Å²) in [5.74, 6) is 5.29. The lowest BCUT2D eigenvalue weighted by Gasteiger charge is -2.58. The first-order valence-electron chi connectivity index (χ1n) is 15.3. The first-order valence-corrected chi connectivity index (χ1v) is 15.3. The molecule has 4 rings (SSSR count). The summed E-state index contributed by atoms with van der Waals surface area (Å²) in [4.78, 5) is 12.5. The van der Waals surface area contributed by atoms with Gasteiger partial charge in [0.25, 0.3) is 0 Å². The van der Waals surface area contributed by atoms with Crippen LogP contribution in [0, 0.1) is 51.8 Å². The smallest absolute Gasteiger partial charge is 0.311 e. The molecule has 0 N–H and O–H groups in total. The van der Waals surface area contributed by atoms with Crippen molar-refractivity contribution in [2.75, 3.05) is 0 Å². The highest BCUT2D eigenvalue weighted by atomic mass is 16.5. The highest BCUT2D eigenvalue weighted by molar-refractivity contribution is 5.75. The zero-order chi connectivity index (χ0) is 25.6. The monoisotopic (exact) mass is 484 g/mol. The van der Waals surface area contributed by atoms with E-state index in [1.807, 2.05) is 20.8 Å². The van der Waals surface area contributed by atoms with Crippen molar-refractivity contribution in [2.45, 2.75) is 139 Å². The van der Waals surface area contributed by atoms with Gasteiger partial charge in [-0.2, -0.15) is 0 Å². The standard InChI is InChI=1S/C33H56O2/c1-9-23(22(2)3)11-10-12-24-14-16-28-27-15-13-25-21-26(35-30(34)31(4,5)6)17-19-33(25,8)29(27)18-20-32(24,28)7/h13,22-24,26-29H,9-12,14-21H2,1-8H3. The van der Waals surface area contributed by atoms with E-state index in [0.717, 1.165) is 48.3 Å². The SMILES string of the molecule is CCC(CCCC1CCC2C3CC=C4CC(OC(=O)C(C)(C)C)CCC4(C)C3CCC12C)C(C)C. The Balaban J connectivity index is 1.41. The van der Waals surface area contributed by atoms with Gasteiger partial charge in [-0.3, -0.25) is 4.79 Å². The van der Waals surface area contributed by atoms with E-state index >= 15 is 0 Å². The Morgan fingerprint density at radius 2 is 1.83 bits per heavy atom. The number of hydrogen-bond acceptors (Lipinski definition) is 2. The van der Waals surface area contributed by atoms with E-state index in [-0.39, 0.29) is 12.1 Å². The van der Waals surface area contributed by atoms with Gasteiger partial charge in [-0.25, -0.2) is 0 Å². The van der Waals surface area contributed by atoms with Gasteiger partial charge in [-0.05, 0) is 118 Å². The van der Waals surface area contributed by atoms with Crippen molar-refractivity contribution in [1.29, 1.82) is 0 Å². The summed E-state index contributed by atoms with van der Waals surface area (Å²) in [7, 11) is 0. The third-order valence-electron chi connectivity index (χ3n) is 11.7. The summed E-state index contributed by atoms with van der Waals surface area (Å²) in [6.45, 7) is 18.4. The molecule has 0 aromatic carbocycles. The number of hydrogen-bond donors (Lipinski definition) is 0. The van der Waals surface area contributed by atoms with Gasteiger partial charge in [0.05, 0.1) is 5.41 Å². The van der Waals surface area contributed by atoms with E-state index in [0.29, 0.717) is 10.8 Å². The van der Waals surface area contributed by atoms with Crippen LogP contribution in [0.1, 0.15) is 132 Å². The molecule has 4 aliphatic carbocycles. The second-order valence-electron chi connectivity index (χ2n) is 14.9. The van der Waals surface area contributed by atoms with Crippen molar-refractivity contribution in [1.82, 2.24) is 0 Å². The molecule has 8 atom stereocenters. The molecule has 0 spiro atoms. The summed E-state index contributed by atoms with van der Waals surface area (Å²) >= 11 is 0. The Bertz CT molecular complexity index is 787. The molecular weight excluding hydrogens is 428 g/mol. The van der Waals surface area contributed by atoms with Crippen molar-refractivity contribution in [3.8, 4) is 0 Å². The fourth-order valence-electron chi connectivity index (χ4n) is 9.27. The number of fused-ring (bicyclic) bond motifs is 5. The molecule has 3 fully saturated rings. The van der Waals surface area contributed by atoms with Crippen molar-refractivity contribution >= 4 is 5.97 Å². The summed E-state index contributed by atoms with van der Waals surface area (Å²) < 4.78 is 5.98. The normalized spacial score (nSPS) is 39.9. The maximum absolute atomic E-state index is 12.5. The minimum atomic E-state index is -0.411. The molecule has 0 radical (unpaired) electrons. The Kier molecular flexibility index (Phi) is 7.92. The van der Waals surface area contributed by atoms with Crippen molar-refractivity contribution in [2.24, 2.45) is 51.8 Å². The highest BCUT2D eigenvalue weighted by Gasteiger charge is 2.58. The molecule has 4 aliphatic rings. The number of rotatable bonds is 7. The van der Waals surface area contributed by atoms with E-state index in [1.54, 1.807) is 5.57 Å². The number of carbonyl (C=O) groups excluding carboxylic acids is 1. The molecule has 0 saturated heterocycles. The van der Waals surface area contributed by atoms with Gasteiger partial charge in [0.1, 0.15) is 6.10 Å². The second-order valence-corrected chi connectivity index (χ2v) is 14.9. The number of esters is 1. The van der Waals surface area contributed by atoms with Crippen molar-refractivity contribution < 1.29 is 9.53 Å². The molecule has 3 saturated carbocycles. The summed E-state index contributed by atoms with van der Waals surface area (Å²) in [5, 5.41) is 0. The van der Waals surface area contributed by atoms with Crippen LogP contribution in [-0.4, -0.2) is 12.1 Å². The number of allylic oxidation sites excluding steroid dienone is 1. The van der Waals surface area contributed by atoms with E-state index in [2.05, 4.69) is 40.7 Å². The summed E-state index contributed by atoms with van der Waals surface area (Å²) in [6, 6.07) is 0. The number of carbonyl (C=O) groups is 1. The first-order chi connectivity index (χ1) is 16.4. The molecule has 2 heteroatoms. The second kappa shape index (κ2) is 10.2. The average Bonchev–Trinajstić information content (AvgIpc) is 3.12. The van der Waals surface area contributed by atoms with Gasteiger partial charge in [-0.1, -0.05) is 65.5 Å². The molecule has 0 aliphatic heterocycles. The average molecular weight is 485 g/mol. The van der Waals surface area contributed by atoms with Gasteiger partial charge in [-0.15, -0.1) is 0 Å². The van der Waals surface area contributed by atoms with Crippen LogP contribution in [0.5, 0.6) is 0 Å². The van der Waals surface area contributed by atoms with Gasteiger partial charge in [0, 0.05) is 6.42 Å². The minimum Gasteiger partial charge on any atom is -0.462 e. The van der Waals surface area contributed by atoms with Crippen LogP contribution >= 0.6 is 0 Å². The quantitative estimate of drug-likeness (QED) is 0.266. The predicted octanol–water partition coefficient (Wildman–Crippen LogP) is 9.38. The fraction of sp³-hybridized carbons (Fsp3) is 0.909. The van der Waals surface area contributed by atoms with Crippen LogP contribution in [0.4, 0.5) is 0 Å². The van der Waals surface area contributed by atoms with Crippen molar-refractivity contribution in [3.05, 3.63) is 11.6 Å². The molecule has 0 heterocycles. The van der Waals surface area contributed by atoms with Crippen LogP contribution in [0.25, 0.3) is 0 Å². The van der Waals surface area contributed by atoms with Crippen LogP contribution in [0.2, 0.25) is 0 Å². The Morgan fingerprint density at radius 1 is 1.09 bits per heavy atom. The van der Waals surface area contributed by atoms with Crippen LogP contribution in [0.15, 0.2) is 11.6 Å². The Hall–Kier alpha value is -0.790. The Morgan fingerprint density at radius 3 is 2.49 bits per heavy atom. The van der Waals surface area contributed by atoms with Crippen LogP contribution in [0.3, 0.4) is 0 Å². The molecule has 2 nitrogen and oxygen atoms in total. The maximum Gasteiger partial charge on any atom is 0.311 e. The minimum absolute atomic E-state index is 0.0375. The lowest BCUT2D eigenvalue weighted by molar-refractivity contribution is -0.161. The molecule has 0 amide bonds. The van der Waals surface area contributed by atoms with Gasteiger partial charge in [0.2, 0.25) is 0 Å². The molecule has 0 bridgehead atoms. The topological polar surface area (TPSA) is 26.3 Å². The molecule has 0 aromatic rings. The third kappa shape index (κ3) is 5.16. The van der Waals surface area contributed by atoms with Crippen molar-refractivity contribution in [3.63, 3.8) is 0 Å². The molecule has 0 aromatic heterocycles. The van der Waals surface area contributed by atoms with E-state index in [1.165, 1.54) is 64.2 Å². The van der Waals surface area contributed by atoms with E-state index in [4.69, 9.17) is 4.74 Å². The lowest BCUT2D eigenvalue weighted by atomic mass is 9.47.